The molecule has 1 heterocycles. The van der Waals surface area contributed by atoms with E-state index < -0.39 is 5.82 Å². The summed E-state index contributed by atoms with van der Waals surface area (Å²) in [6.07, 6.45) is 1.63. The zero-order chi connectivity index (χ0) is 25.9. The van der Waals surface area contributed by atoms with E-state index in [2.05, 4.69) is 0 Å². The van der Waals surface area contributed by atoms with Crippen molar-refractivity contribution >= 4 is 51.4 Å². The van der Waals surface area contributed by atoms with Gasteiger partial charge in [0.15, 0.2) is 11.5 Å². The summed E-state index contributed by atoms with van der Waals surface area (Å²) in [5.74, 6) is -0.0396. The minimum Gasteiger partial charge on any atom is -0.493 e. The second kappa shape index (κ2) is 10.7. The molecule has 4 aromatic rings. The summed E-state index contributed by atoms with van der Waals surface area (Å²) in [5, 5.41) is 2.07. The molecule has 0 aliphatic carbocycles. The largest absolute Gasteiger partial charge is 0.493 e. The van der Waals surface area contributed by atoms with E-state index in [0.29, 0.717) is 22.0 Å². The third kappa shape index (κ3) is 5.33. The van der Waals surface area contributed by atoms with Crippen molar-refractivity contribution in [1.82, 2.24) is 4.90 Å². The summed E-state index contributed by atoms with van der Waals surface area (Å²) in [5.41, 5.74) is 1.73. The van der Waals surface area contributed by atoms with Gasteiger partial charge in [-0.05, 0) is 70.1 Å². The fourth-order valence-corrected chi connectivity index (χ4v) is 5.08. The Bertz CT molecular complexity index is 1530. The lowest BCUT2D eigenvalue weighted by molar-refractivity contribution is -0.123. The molecule has 1 aliphatic heterocycles. The molecule has 8 heteroatoms. The number of hydrogen-bond donors (Lipinski definition) is 0. The Hall–Kier alpha value is -3.81. The predicted molar refractivity (Wildman–Crippen MR) is 144 cm³/mol. The van der Waals surface area contributed by atoms with Crippen LogP contribution in [0.5, 0.6) is 11.5 Å². The lowest BCUT2D eigenvalue weighted by Gasteiger charge is -2.13. The molecule has 0 radical (unpaired) electrons. The first-order chi connectivity index (χ1) is 17.9. The van der Waals surface area contributed by atoms with Crippen LogP contribution in [0, 0.1) is 5.82 Å². The quantitative estimate of drug-likeness (QED) is 0.231. The first-order valence-corrected chi connectivity index (χ1v) is 12.6. The van der Waals surface area contributed by atoms with Crippen molar-refractivity contribution in [3.63, 3.8) is 0 Å². The molecule has 0 unspecified atom stereocenters. The molecule has 4 aromatic carbocycles. The second-order valence-corrected chi connectivity index (χ2v) is 9.75. The number of hydrogen-bond acceptors (Lipinski definition) is 5. The maximum absolute atomic E-state index is 14.2. The van der Waals surface area contributed by atoms with E-state index in [4.69, 9.17) is 21.1 Å². The van der Waals surface area contributed by atoms with Gasteiger partial charge >= 0.3 is 0 Å². The van der Waals surface area contributed by atoms with Crippen LogP contribution in [0.2, 0.25) is 5.02 Å². The van der Waals surface area contributed by atoms with Crippen molar-refractivity contribution in [2.24, 2.45) is 0 Å². The van der Waals surface area contributed by atoms with E-state index in [1.165, 1.54) is 24.1 Å². The van der Waals surface area contributed by atoms with Crippen molar-refractivity contribution < 1.29 is 23.5 Å². The van der Waals surface area contributed by atoms with Crippen LogP contribution in [0.15, 0.2) is 83.8 Å². The first kappa shape index (κ1) is 24.9. The smallest absolute Gasteiger partial charge is 0.293 e. The molecule has 2 amide bonds. The van der Waals surface area contributed by atoms with E-state index in [9.17, 15) is 14.0 Å². The highest BCUT2D eigenvalue weighted by Crippen LogP contribution is 2.36. The molecule has 0 bridgehead atoms. The second-order valence-electron chi connectivity index (χ2n) is 8.35. The van der Waals surface area contributed by atoms with Crippen LogP contribution in [-0.2, 0) is 17.9 Å². The molecule has 0 saturated carbocycles. The highest BCUT2D eigenvalue weighted by Gasteiger charge is 2.35. The summed E-state index contributed by atoms with van der Waals surface area (Å²) in [6.45, 7) is 0.0841. The number of rotatable bonds is 7. The molecule has 0 spiro atoms. The highest BCUT2D eigenvalue weighted by atomic mass is 35.5. The van der Waals surface area contributed by atoms with Crippen LogP contribution in [0.3, 0.4) is 0 Å². The number of thioether (sulfide) groups is 1. The number of amides is 2. The molecule has 1 aliphatic rings. The highest BCUT2D eigenvalue weighted by molar-refractivity contribution is 8.18. The van der Waals surface area contributed by atoms with Gasteiger partial charge in [0.25, 0.3) is 11.1 Å². The van der Waals surface area contributed by atoms with Gasteiger partial charge in [-0.2, -0.15) is 0 Å². The number of carbonyl (C=O) groups excluding carboxylic acids is 2. The molecule has 5 nitrogen and oxygen atoms in total. The van der Waals surface area contributed by atoms with E-state index in [1.807, 2.05) is 42.5 Å². The molecule has 1 fully saturated rings. The normalized spacial score (nSPS) is 14.6. The molecular formula is C29H21ClFNO4S. The van der Waals surface area contributed by atoms with Gasteiger partial charge < -0.3 is 9.47 Å². The molecule has 0 aromatic heterocycles. The summed E-state index contributed by atoms with van der Waals surface area (Å²) in [4.78, 5) is 27.3. The fraction of sp³-hybridized carbons (Fsp3) is 0.103. The summed E-state index contributed by atoms with van der Waals surface area (Å²) in [6, 6.07) is 23.3. The summed E-state index contributed by atoms with van der Waals surface area (Å²) in [7, 11) is 1.50. The molecule has 1 saturated heterocycles. The van der Waals surface area contributed by atoms with Crippen molar-refractivity contribution in [3.8, 4) is 11.5 Å². The van der Waals surface area contributed by atoms with Gasteiger partial charge in [-0.1, -0.05) is 60.1 Å². The van der Waals surface area contributed by atoms with Crippen molar-refractivity contribution in [2.45, 2.75) is 13.2 Å². The zero-order valence-electron chi connectivity index (χ0n) is 19.7. The third-order valence-electron chi connectivity index (χ3n) is 5.95. The van der Waals surface area contributed by atoms with Crippen molar-refractivity contribution in [2.75, 3.05) is 7.11 Å². The number of benzene rings is 4. The molecule has 186 valence electrons. The van der Waals surface area contributed by atoms with Crippen molar-refractivity contribution in [3.05, 3.63) is 111 Å². The van der Waals surface area contributed by atoms with Gasteiger partial charge in [0.05, 0.1) is 23.6 Å². The van der Waals surface area contributed by atoms with Crippen LogP contribution in [0.4, 0.5) is 9.18 Å². The molecular weight excluding hydrogens is 513 g/mol. The lowest BCUT2D eigenvalue weighted by atomic mass is 10.1. The van der Waals surface area contributed by atoms with Crippen LogP contribution in [0.1, 0.15) is 16.7 Å². The Morgan fingerprint density at radius 2 is 1.76 bits per heavy atom. The van der Waals surface area contributed by atoms with E-state index in [0.717, 1.165) is 28.1 Å². The minimum absolute atomic E-state index is 0.104. The van der Waals surface area contributed by atoms with Gasteiger partial charge in [-0.15, -0.1) is 0 Å². The van der Waals surface area contributed by atoms with Crippen LogP contribution >= 0.6 is 23.4 Å². The predicted octanol–water partition coefficient (Wildman–Crippen LogP) is 7.46. The Morgan fingerprint density at radius 3 is 2.54 bits per heavy atom. The van der Waals surface area contributed by atoms with E-state index >= 15 is 0 Å². The van der Waals surface area contributed by atoms with Gasteiger partial charge in [0.2, 0.25) is 0 Å². The third-order valence-corrected chi connectivity index (χ3v) is 7.21. The maximum Gasteiger partial charge on any atom is 0.293 e. The standard InChI is InChI=1S/C29H21ClFNO4S/c1-35-25-12-10-18(14-26(25)36-17-22-23(30)7-4-8-24(22)31)15-27-28(33)32(29(34)37-27)16-19-9-11-20-5-2-3-6-21(20)13-19/h2-15H,16-17H2,1H3/b27-15-. The minimum atomic E-state index is -0.470. The summed E-state index contributed by atoms with van der Waals surface area (Å²) < 4.78 is 25.3. The zero-order valence-corrected chi connectivity index (χ0v) is 21.3. The molecule has 0 N–H and O–H groups in total. The lowest BCUT2D eigenvalue weighted by Crippen LogP contribution is -2.27. The summed E-state index contributed by atoms with van der Waals surface area (Å²) >= 11 is 7.00. The number of imide groups is 1. The fourth-order valence-electron chi connectivity index (χ4n) is 4.02. The Morgan fingerprint density at radius 1 is 0.946 bits per heavy atom. The molecule has 0 atom stereocenters. The van der Waals surface area contributed by atoms with Gasteiger partial charge in [-0.25, -0.2) is 4.39 Å². The molecule has 5 rings (SSSR count). The van der Waals surface area contributed by atoms with Gasteiger partial charge in [-0.3, -0.25) is 14.5 Å². The average Bonchev–Trinajstić information content (AvgIpc) is 3.15. The topological polar surface area (TPSA) is 55.8 Å². The maximum atomic E-state index is 14.2. The number of ether oxygens (including phenoxy) is 2. The van der Waals surface area contributed by atoms with Crippen LogP contribution in [-0.4, -0.2) is 23.2 Å². The SMILES string of the molecule is COc1ccc(/C=C2\SC(=O)N(Cc3ccc4ccccc4c3)C2=O)cc1OCc1c(F)cccc1Cl. The monoisotopic (exact) mass is 533 g/mol. The van der Waals surface area contributed by atoms with Gasteiger partial charge in [0, 0.05) is 5.56 Å². The van der Waals surface area contributed by atoms with Crippen molar-refractivity contribution in [1.29, 1.82) is 0 Å². The Labute approximate surface area is 222 Å². The van der Waals surface area contributed by atoms with Crippen LogP contribution < -0.4 is 9.47 Å². The van der Waals surface area contributed by atoms with Gasteiger partial charge in [0.1, 0.15) is 12.4 Å². The Kier molecular flexibility index (Phi) is 7.17. The number of halogens is 2. The average molecular weight is 534 g/mol. The number of nitrogens with zero attached hydrogens (tertiary/aromatic N) is 1. The first-order valence-electron chi connectivity index (χ1n) is 11.4. The number of methoxy groups -OCH3 is 1. The van der Waals surface area contributed by atoms with E-state index in [1.54, 1.807) is 30.3 Å². The molecule has 37 heavy (non-hydrogen) atoms. The number of fused-ring (bicyclic) bond motifs is 1. The Balaban J connectivity index is 1.35. The van der Waals surface area contributed by atoms with E-state index in [-0.39, 0.29) is 34.9 Å². The number of carbonyl (C=O) groups is 2. The van der Waals surface area contributed by atoms with Crippen LogP contribution in [0.25, 0.3) is 16.8 Å².